The molecule has 0 radical (unpaired) electrons. The van der Waals surface area contributed by atoms with Crippen LogP contribution in [0.1, 0.15) is 13.8 Å². The van der Waals surface area contributed by atoms with E-state index in [4.69, 9.17) is 16.3 Å². The Morgan fingerprint density at radius 3 is 1.86 bits per heavy atom. The van der Waals surface area contributed by atoms with Gasteiger partial charge in [-0.25, -0.2) is 0 Å². The van der Waals surface area contributed by atoms with Crippen molar-refractivity contribution in [1.29, 1.82) is 0 Å². The number of rotatable bonds is 1. The van der Waals surface area contributed by atoms with Crippen molar-refractivity contribution in [3.05, 3.63) is 10.8 Å². The molecule has 0 aliphatic heterocycles. The van der Waals surface area contributed by atoms with Crippen molar-refractivity contribution in [3.8, 4) is 0 Å². The monoisotopic (exact) mass is 120 g/mol. The van der Waals surface area contributed by atoms with Crippen LogP contribution in [-0.4, -0.2) is 7.11 Å². The molecule has 1 nitrogen and oxygen atoms in total. The fourth-order valence-electron chi connectivity index (χ4n) is 0.141. The van der Waals surface area contributed by atoms with E-state index in [0.717, 1.165) is 5.76 Å². The average Bonchev–Trinajstić information content (AvgIpc) is 1.65. The quantitative estimate of drug-likeness (QED) is 0.482. The SMILES string of the molecule is CO/C(C)=C(/C)Cl. The van der Waals surface area contributed by atoms with Gasteiger partial charge in [0.1, 0.15) is 5.76 Å². The molecule has 0 unspecified atom stereocenters. The zero-order valence-electron chi connectivity index (χ0n) is 4.79. The second-order valence-corrected chi connectivity index (χ2v) is 1.86. The van der Waals surface area contributed by atoms with Crippen LogP contribution in [0.2, 0.25) is 0 Å². The van der Waals surface area contributed by atoms with E-state index in [2.05, 4.69) is 0 Å². The number of halogens is 1. The molecule has 0 aromatic rings. The number of hydrogen-bond acceptors (Lipinski definition) is 1. The first-order valence-corrected chi connectivity index (χ1v) is 2.43. The summed E-state index contributed by atoms with van der Waals surface area (Å²) in [6, 6.07) is 0. The van der Waals surface area contributed by atoms with Gasteiger partial charge < -0.3 is 4.74 Å². The van der Waals surface area contributed by atoms with Gasteiger partial charge in [0, 0.05) is 0 Å². The normalized spacial score (nSPS) is 13.1. The van der Waals surface area contributed by atoms with Crippen LogP contribution in [-0.2, 0) is 4.74 Å². The molecule has 2 heteroatoms. The zero-order valence-corrected chi connectivity index (χ0v) is 5.54. The van der Waals surface area contributed by atoms with Crippen molar-refractivity contribution in [2.45, 2.75) is 13.8 Å². The lowest BCUT2D eigenvalue weighted by Crippen LogP contribution is -1.78. The highest BCUT2D eigenvalue weighted by atomic mass is 35.5. The molecular weight excluding hydrogens is 112 g/mol. The molecule has 0 bridgehead atoms. The molecule has 0 aromatic carbocycles. The van der Waals surface area contributed by atoms with E-state index in [-0.39, 0.29) is 0 Å². The molecular formula is C5H9ClO. The molecule has 0 aliphatic carbocycles. The van der Waals surface area contributed by atoms with E-state index < -0.39 is 0 Å². The summed E-state index contributed by atoms with van der Waals surface area (Å²) in [5.41, 5.74) is 0. The summed E-state index contributed by atoms with van der Waals surface area (Å²) >= 11 is 5.48. The molecule has 42 valence electrons. The highest BCUT2D eigenvalue weighted by Gasteiger charge is 1.86. The minimum atomic E-state index is 0.711. The van der Waals surface area contributed by atoms with Crippen LogP contribution in [0.5, 0.6) is 0 Å². The van der Waals surface area contributed by atoms with Gasteiger partial charge in [0.2, 0.25) is 0 Å². The highest BCUT2D eigenvalue weighted by molar-refractivity contribution is 6.29. The largest absolute Gasteiger partial charge is 0.500 e. The topological polar surface area (TPSA) is 9.23 Å². The Bertz CT molecular complexity index is 82.1. The van der Waals surface area contributed by atoms with E-state index in [1.165, 1.54) is 0 Å². The first kappa shape index (κ1) is 6.83. The molecule has 0 saturated carbocycles. The van der Waals surface area contributed by atoms with Crippen molar-refractivity contribution in [2.24, 2.45) is 0 Å². The molecule has 0 amide bonds. The second-order valence-electron chi connectivity index (χ2n) is 1.29. The molecule has 0 aromatic heterocycles. The predicted molar refractivity (Wildman–Crippen MR) is 31.2 cm³/mol. The lowest BCUT2D eigenvalue weighted by Gasteiger charge is -1.96. The number of hydrogen-bond donors (Lipinski definition) is 0. The van der Waals surface area contributed by atoms with Crippen molar-refractivity contribution < 1.29 is 4.74 Å². The lowest BCUT2D eigenvalue weighted by molar-refractivity contribution is 0.291. The number of allylic oxidation sites excluding steroid dienone is 2. The van der Waals surface area contributed by atoms with Crippen LogP contribution < -0.4 is 0 Å². The predicted octanol–water partition coefficient (Wildman–Crippen LogP) is 2.12. The summed E-state index contributed by atoms with van der Waals surface area (Å²) in [5.74, 6) is 0.779. The van der Waals surface area contributed by atoms with Crippen molar-refractivity contribution >= 4 is 11.6 Å². The standard InChI is InChI=1S/C5H9ClO/c1-4(6)5(2)7-3/h1-3H3/b5-4-. The van der Waals surface area contributed by atoms with Gasteiger partial charge >= 0.3 is 0 Å². The molecule has 0 rings (SSSR count). The molecule has 0 aliphatic rings. The minimum absolute atomic E-state index is 0.711. The van der Waals surface area contributed by atoms with Gasteiger partial charge in [-0.05, 0) is 13.8 Å². The van der Waals surface area contributed by atoms with Gasteiger partial charge in [-0.1, -0.05) is 11.6 Å². The molecule has 0 heterocycles. The third-order valence-electron chi connectivity index (χ3n) is 0.791. The van der Waals surface area contributed by atoms with Gasteiger partial charge in [0.15, 0.2) is 0 Å². The Morgan fingerprint density at radius 1 is 1.43 bits per heavy atom. The van der Waals surface area contributed by atoms with Crippen LogP contribution in [0.15, 0.2) is 10.8 Å². The Morgan fingerprint density at radius 2 is 1.86 bits per heavy atom. The summed E-state index contributed by atoms with van der Waals surface area (Å²) in [6.45, 7) is 3.61. The van der Waals surface area contributed by atoms with Crippen molar-refractivity contribution in [3.63, 3.8) is 0 Å². The van der Waals surface area contributed by atoms with Gasteiger partial charge in [0.05, 0.1) is 12.1 Å². The van der Waals surface area contributed by atoms with E-state index in [1.54, 1.807) is 14.0 Å². The molecule has 0 fully saturated rings. The van der Waals surface area contributed by atoms with Crippen molar-refractivity contribution in [1.82, 2.24) is 0 Å². The molecule has 0 spiro atoms. The summed E-state index contributed by atoms with van der Waals surface area (Å²) < 4.78 is 4.76. The number of methoxy groups -OCH3 is 1. The van der Waals surface area contributed by atoms with Gasteiger partial charge in [-0.15, -0.1) is 0 Å². The fourth-order valence-corrected chi connectivity index (χ4v) is 0.218. The van der Waals surface area contributed by atoms with Crippen LogP contribution in [0, 0.1) is 0 Å². The first-order valence-electron chi connectivity index (χ1n) is 2.05. The number of ether oxygens (including phenoxy) is 1. The van der Waals surface area contributed by atoms with E-state index in [1.807, 2.05) is 6.92 Å². The Kier molecular flexibility index (Phi) is 2.84. The molecule has 7 heavy (non-hydrogen) atoms. The van der Waals surface area contributed by atoms with E-state index in [0.29, 0.717) is 5.03 Å². The van der Waals surface area contributed by atoms with Crippen LogP contribution >= 0.6 is 11.6 Å². The molecule has 0 N–H and O–H groups in total. The Balaban J connectivity index is 3.72. The van der Waals surface area contributed by atoms with Crippen LogP contribution in [0.4, 0.5) is 0 Å². The maximum atomic E-state index is 5.48. The summed E-state index contributed by atoms with van der Waals surface area (Å²) in [5, 5.41) is 0.711. The summed E-state index contributed by atoms with van der Waals surface area (Å²) in [4.78, 5) is 0. The van der Waals surface area contributed by atoms with E-state index >= 15 is 0 Å². The maximum absolute atomic E-state index is 5.48. The fraction of sp³-hybridized carbons (Fsp3) is 0.600. The van der Waals surface area contributed by atoms with Crippen molar-refractivity contribution in [2.75, 3.05) is 7.11 Å². The first-order chi connectivity index (χ1) is 3.18. The molecule has 0 saturated heterocycles. The Labute approximate surface area is 48.9 Å². The van der Waals surface area contributed by atoms with E-state index in [9.17, 15) is 0 Å². The summed E-state index contributed by atoms with van der Waals surface area (Å²) in [7, 11) is 1.60. The van der Waals surface area contributed by atoms with Gasteiger partial charge in [0.25, 0.3) is 0 Å². The lowest BCUT2D eigenvalue weighted by atomic mass is 10.5. The highest BCUT2D eigenvalue weighted by Crippen LogP contribution is 2.06. The summed E-state index contributed by atoms with van der Waals surface area (Å²) in [6.07, 6.45) is 0. The third-order valence-corrected chi connectivity index (χ3v) is 1.06. The molecule has 0 atom stereocenters. The third kappa shape index (κ3) is 2.52. The van der Waals surface area contributed by atoms with Crippen LogP contribution in [0.25, 0.3) is 0 Å². The minimum Gasteiger partial charge on any atom is -0.500 e. The average molecular weight is 121 g/mol. The Hall–Kier alpha value is -0.170. The maximum Gasteiger partial charge on any atom is 0.107 e. The smallest absolute Gasteiger partial charge is 0.107 e. The van der Waals surface area contributed by atoms with Gasteiger partial charge in [-0.2, -0.15) is 0 Å². The van der Waals surface area contributed by atoms with Crippen LogP contribution in [0.3, 0.4) is 0 Å². The second kappa shape index (κ2) is 2.92. The van der Waals surface area contributed by atoms with Gasteiger partial charge in [-0.3, -0.25) is 0 Å². The zero-order chi connectivity index (χ0) is 5.86.